The normalized spacial score (nSPS) is 29.1. The van der Waals surface area contributed by atoms with Crippen LogP contribution in [0.2, 0.25) is 5.02 Å². The molecule has 2 fully saturated rings. The molecule has 1 aliphatic heterocycles. The molecule has 2 aliphatic rings. The van der Waals surface area contributed by atoms with Crippen molar-refractivity contribution in [3.05, 3.63) is 29.0 Å². The van der Waals surface area contributed by atoms with Gasteiger partial charge >= 0.3 is 0 Å². The molecule has 0 spiro atoms. The zero-order valence-corrected chi connectivity index (χ0v) is 16.0. The first kappa shape index (κ1) is 18.9. The smallest absolute Gasteiger partial charge is 0.141 e. The van der Waals surface area contributed by atoms with Crippen molar-refractivity contribution in [3.63, 3.8) is 0 Å². The molecule has 1 heterocycles. The summed E-state index contributed by atoms with van der Waals surface area (Å²) in [4.78, 5) is 4.88. The van der Waals surface area contributed by atoms with Gasteiger partial charge in [0.2, 0.25) is 0 Å². The van der Waals surface area contributed by atoms with E-state index >= 15 is 0 Å². The number of anilines is 1. The van der Waals surface area contributed by atoms with E-state index in [2.05, 4.69) is 29.2 Å². The summed E-state index contributed by atoms with van der Waals surface area (Å²) >= 11 is 5.99. The molecule has 2 unspecified atom stereocenters. The SMILES string of the molecule is CN(C)C1CCN(C2(Nc3ccc(F)c(Cl)c3)CCCC(N)C2)CC1. The number of nitrogens with zero attached hydrogens (tertiary/aromatic N) is 2. The van der Waals surface area contributed by atoms with Gasteiger partial charge in [-0.15, -0.1) is 0 Å². The van der Waals surface area contributed by atoms with Gasteiger partial charge in [0.1, 0.15) is 5.82 Å². The molecule has 1 aromatic carbocycles. The Bertz CT molecular complexity index is 589. The number of hydrogen-bond acceptors (Lipinski definition) is 4. The van der Waals surface area contributed by atoms with Gasteiger partial charge in [0.05, 0.1) is 10.7 Å². The van der Waals surface area contributed by atoms with E-state index < -0.39 is 0 Å². The van der Waals surface area contributed by atoms with E-state index in [1.807, 2.05) is 0 Å². The lowest BCUT2D eigenvalue weighted by Gasteiger charge is -2.51. The minimum absolute atomic E-state index is 0.157. The first-order chi connectivity index (χ1) is 11.9. The summed E-state index contributed by atoms with van der Waals surface area (Å²) in [5.74, 6) is -0.381. The fourth-order valence-corrected chi connectivity index (χ4v) is 4.61. The van der Waals surface area contributed by atoms with Gasteiger partial charge in [-0.25, -0.2) is 4.39 Å². The molecular formula is C19H30ClFN4. The molecule has 1 saturated heterocycles. The molecule has 3 N–H and O–H groups in total. The highest BCUT2D eigenvalue weighted by Crippen LogP contribution is 2.37. The standard InChI is InChI=1S/C19H30ClFN4/c1-24(2)16-7-10-25(11-8-16)19(9-3-4-14(22)13-19)23-15-5-6-18(21)17(20)12-15/h5-6,12,14,16,23H,3-4,7-11,13,22H2,1-2H3. The van der Waals surface area contributed by atoms with E-state index in [-0.39, 0.29) is 22.5 Å². The van der Waals surface area contributed by atoms with Gasteiger partial charge in [0, 0.05) is 30.9 Å². The summed E-state index contributed by atoms with van der Waals surface area (Å²) in [6, 6.07) is 5.73. The van der Waals surface area contributed by atoms with Crippen molar-refractivity contribution >= 4 is 17.3 Å². The number of nitrogens with one attached hydrogen (secondary N) is 1. The molecule has 25 heavy (non-hydrogen) atoms. The van der Waals surface area contributed by atoms with E-state index in [1.165, 1.54) is 6.07 Å². The van der Waals surface area contributed by atoms with Crippen LogP contribution in [0, 0.1) is 5.82 Å². The third kappa shape index (κ3) is 4.27. The molecule has 140 valence electrons. The molecule has 0 aromatic heterocycles. The van der Waals surface area contributed by atoms with Crippen LogP contribution in [0.15, 0.2) is 18.2 Å². The highest BCUT2D eigenvalue weighted by atomic mass is 35.5. The number of piperidine rings is 1. The summed E-state index contributed by atoms with van der Waals surface area (Å²) < 4.78 is 13.5. The van der Waals surface area contributed by atoms with Gasteiger partial charge in [0.25, 0.3) is 0 Å². The van der Waals surface area contributed by atoms with Crippen LogP contribution in [0.5, 0.6) is 0 Å². The highest BCUT2D eigenvalue weighted by molar-refractivity contribution is 6.31. The van der Waals surface area contributed by atoms with Crippen LogP contribution in [-0.2, 0) is 0 Å². The number of benzene rings is 1. The van der Waals surface area contributed by atoms with Crippen LogP contribution in [-0.4, -0.2) is 54.7 Å². The molecule has 0 radical (unpaired) electrons. The maximum atomic E-state index is 13.5. The average molecular weight is 369 g/mol. The topological polar surface area (TPSA) is 44.5 Å². The molecule has 1 aromatic rings. The molecular weight excluding hydrogens is 339 g/mol. The molecule has 0 amide bonds. The van der Waals surface area contributed by atoms with Crippen LogP contribution in [0.25, 0.3) is 0 Å². The summed E-state index contributed by atoms with van der Waals surface area (Å²) in [6.45, 7) is 2.11. The number of nitrogens with two attached hydrogens (primary N) is 1. The molecule has 6 heteroatoms. The number of halogens is 2. The van der Waals surface area contributed by atoms with Crippen LogP contribution < -0.4 is 11.1 Å². The average Bonchev–Trinajstić information content (AvgIpc) is 2.58. The molecule has 0 bridgehead atoms. The quantitative estimate of drug-likeness (QED) is 0.853. The molecule has 3 rings (SSSR count). The Morgan fingerprint density at radius 2 is 2.00 bits per heavy atom. The Kier molecular flexibility index (Phi) is 5.88. The molecule has 1 saturated carbocycles. The Balaban J connectivity index is 1.80. The van der Waals surface area contributed by atoms with Gasteiger partial charge in [-0.1, -0.05) is 11.6 Å². The van der Waals surface area contributed by atoms with Crippen molar-refractivity contribution in [1.29, 1.82) is 0 Å². The fourth-order valence-electron chi connectivity index (χ4n) is 4.43. The number of hydrogen-bond donors (Lipinski definition) is 2. The lowest BCUT2D eigenvalue weighted by Crippen LogP contribution is -2.61. The largest absolute Gasteiger partial charge is 0.367 e. The Hall–Kier alpha value is -0.880. The Labute approximate surface area is 155 Å². The van der Waals surface area contributed by atoms with Crippen LogP contribution >= 0.6 is 11.6 Å². The predicted molar refractivity (Wildman–Crippen MR) is 102 cm³/mol. The monoisotopic (exact) mass is 368 g/mol. The molecule has 4 nitrogen and oxygen atoms in total. The van der Waals surface area contributed by atoms with E-state index in [4.69, 9.17) is 17.3 Å². The third-order valence-corrected chi connectivity index (χ3v) is 6.15. The second-order valence-corrected chi connectivity index (χ2v) is 8.23. The van der Waals surface area contributed by atoms with Crippen molar-refractivity contribution in [3.8, 4) is 0 Å². The second-order valence-electron chi connectivity index (χ2n) is 7.82. The Morgan fingerprint density at radius 1 is 1.28 bits per heavy atom. The maximum absolute atomic E-state index is 13.5. The lowest BCUT2D eigenvalue weighted by molar-refractivity contribution is 0.0282. The highest BCUT2D eigenvalue weighted by Gasteiger charge is 2.42. The zero-order valence-electron chi connectivity index (χ0n) is 15.3. The summed E-state index contributed by atoms with van der Waals surface area (Å²) in [7, 11) is 4.32. The maximum Gasteiger partial charge on any atom is 0.141 e. The van der Waals surface area contributed by atoms with Crippen molar-refractivity contribution in [2.45, 2.75) is 56.3 Å². The van der Waals surface area contributed by atoms with E-state index in [0.29, 0.717) is 6.04 Å². The Morgan fingerprint density at radius 3 is 2.60 bits per heavy atom. The lowest BCUT2D eigenvalue weighted by atomic mass is 9.82. The van der Waals surface area contributed by atoms with Crippen molar-refractivity contribution in [1.82, 2.24) is 9.80 Å². The fraction of sp³-hybridized carbons (Fsp3) is 0.684. The van der Waals surface area contributed by atoms with Crippen molar-refractivity contribution in [2.75, 3.05) is 32.5 Å². The number of rotatable bonds is 4. The van der Waals surface area contributed by atoms with Gasteiger partial charge in [0.15, 0.2) is 0 Å². The van der Waals surface area contributed by atoms with Crippen molar-refractivity contribution in [2.24, 2.45) is 5.73 Å². The van der Waals surface area contributed by atoms with Gasteiger partial charge in [-0.05, 0) is 70.8 Å². The predicted octanol–water partition coefficient (Wildman–Crippen LogP) is 3.51. The van der Waals surface area contributed by atoms with Crippen LogP contribution in [0.1, 0.15) is 38.5 Å². The molecule has 2 atom stereocenters. The first-order valence-corrected chi connectivity index (χ1v) is 9.68. The minimum atomic E-state index is -0.381. The van der Waals surface area contributed by atoms with Gasteiger partial charge < -0.3 is 16.0 Å². The summed E-state index contributed by atoms with van der Waals surface area (Å²) in [6.07, 6.45) is 6.47. The molecule has 1 aliphatic carbocycles. The minimum Gasteiger partial charge on any atom is -0.367 e. The van der Waals surface area contributed by atoms with E-state index in [9.17, 15) is 4.39 Å². The zero-order chi connectivity index (χ0) is 18.0. The third-order valence-electron chi connectivity index (χ3n) is 5.86. The summed E-state index contributed by atoms with van der Waals surface area (Å²) in [5, 5.41) is 3.85. The summed E-state index contributed by atoms with van der Waals surface area (Å²) in [5.41, 5.74) is 7.05. The van der Waals surface area contributed by atoms with Crippen LogP contribution in [0.4, 0.5) is 10.1 Å². The van der Waals surface area contributed by atoms with E-state index in [0.717, 1.165) is 57.3 Å². The second kappa shape index (κ2) is 7.78. The van der Waals surface area contributed by atoms with Crippen LogP contribution in [0.3, 0.4) is 0 Å². The van der Waals surface area contributed by atoms with E-state index in [1.54, 1.807) is 12.1 Å². The van der Waals surface area contributed by atoms with Gasteiger partial charge in [-0.2, -0.15) is 0 Å². The van der Waals surface area contributed by atoms with Gasteiger partial charge in [-0.3, -0.25) is 4.90 Å². The van der Waals surface area contributed by atoms with Crippen molar-refractivity contribution < 1.29 is 4.39 Å². The number of likely N-dealkylation sites (tertiary alicyclic amines) is 1. The first-order valence-electron chi connectivity index (χ1n) is 9.30.